The van der Waals surface area contributed by atoms with Crippen molar-refractivity contribution in [1.82, 2.24) is 25.0 Å². The topological polar surface area (TPSA) is 63.1 Å². The van der Waals surface area contributed by atoms with Gasteiger partial charge in [0.2, 0.25) is 5.91 Å². The van der Waals surface area contributed by atoms with E-state index in [2.05, 4.69) is 32.2 Å². The van der Waals surface area contributed by atoms with Crippen LogP contribution >= 0.6 is 12.4 Å². The van der Waals surface area contributed by atoms with Gasteiger partial charge in [-0.15, -0.1) is 22.6 Å². The summed E-state index contributed by atoms with van der Waals surface area (Å²) in [6, 6.07) is 10.1. The Morgan fingerprint density at radius 2 is 2.04 bits per heavy atom. The second-order valence-electron chi connectivity index (χ2n) is 6.39. The molecule has 1 amide bonds. The van der Waals surface area contributed by atoms with Gasteiger partial charge in [-0.3, -0.25) is 9.36 Å². The Hall–Kier alpha value is -1.92. The minimum absolute atomic E-state index is 0. The number of rotatable bonds is 3. The molecule has 6 nitrogen and oxygen atoms in total. The van der Waals surface area contributed by atoms with E-state index in [9.17, 15) is 4.79 Å². The number of nitrogens with zero attached hydrogens (tertiary/aromatic N) is 4. The molecular weight excluding hydrogens is 326 g/mol. The first-order valence-corrected chi connectivity index (χ1v) is 8.20. The van der Waals surface area contributed by atoms with Gasteiger partial charge in [-0.25, -0.2) is 0 Å². The molecule has 1 aromatic heterocycles. The minimum atomic E-state index is -0.251. The number of benzene rings is 1. The van der Waals surface area contributed by atoms with Crippen molar-refractivity contribution in [3.63, 3.8) is 0 Å². The van der Waals surface area contributed by atoms with Crippen LogP contribution in [-0.2, 0) is 17.8 Å². The highest BCUT2D eigenvalue weighted by Gasteiger charge is 2.36. The molecule has 24 heavy (non-hydrogen) atoms. The monoisotopic (exact) mass is 347 g/mol. The number of fused-ring (bicyclic) bond motifs is 1. The first-order chi connectivity index (χ1) is 11.2. The van der Waals surface area contributed by atoms with Crippen molar-refractivity contribution in [2.75, 3.05) is 13.6 Å². The SMILES string of the molecule is CN1Cc2nnc(C3CCCN3)n2[C@H](Cc2ccccc2)C1=O.Cl. The molecule has 1 unspecified atom stereocenters. The third-order valence-corrected chi connectivity index (χ3v) is 4.79. The Morgan fingerprint density at radius 3 is 2.75 bits per heavy atom. The van der Waals surface area contributed by atoms with Crippen LogP contribution in [0, 0.1) is 0 Å². The average molecular weight is 348 g/mol. The molecule has 3 heterocycles. The predicted molar refractivity (Wildman–Crippen MR) is 92.9 cm³/mol. The lowest BCUT2D eigenvalue weighted by Crippen LogP contribution is -2.42. The molecule has 2 aliphatic rings. The summed E-state index contributed by atoms with van der Waals surface area (Å²) < 4.78 is 2.08. The van der Waals surface area contributed by atoms with Gasteiger partial charge in [-0.1, -0.05) is 30.3 Å². The number of nitrogens with one attached hydrogen (secondary N) is 1. The van der Waals surface area contributed by atoms with Crippen LogP contribution in [0.2, 0.25) is 0 Å². The second-order valence-corrected chi connectivity index (χ2v) is 6.39. The average Bonchev–Trinajstić information content (AvgIpc) is 3.21. The molecule has 1 fully saturated rings. The number of carbonyl (C=O) groups is 1. The van der Waals surface area contributed by atoms with Gasteiger partial charge in [0.25, 0.3) is 0 Å². The first-order valence-electron chi connectivity index (χ1n) is 8.20. The Labute approximate surface area is 147 Å². The lowest BCUT2D eigenvalue weighted by molar-refractivity contribution is -0.136. The summed E-state index contributed by atoms with van der Waals surface area (Å²) in [4.78, 5) is 14.5. The lowest BCUT2D eigenvalue weighted by atomic mass is 10.0. The molecule has 0 radical (unpaired) electrons. The molecule has 128 valence electrons. The maximum atomic E-state index is 12.8. The normalized spacial score (nSPS) is 23.0. The first kappa shape index (κ1) is 16.9. The van der Waals surface area contributed by atoms with Gasteiger partial charge >= 0.3 is 0 Å². The van der Waals surface area contributed by atoms with Crippen LogP contribution < -0.4 is 5.32 Å². The fraction of sp³-hybridized carbons (Fsp3) is 0.471. The van der Waals surface area contributed by atoms with Gasteiger partial charge in [0.05, 0.1) is 12.6 Å². The molecule has 2 aliphatic heterocycles. The van der Waals surface area contributed by atoms with E-state index in [1.54, 1.807) is 4.90 Å². The number of aromatic nitrogens is 3. The van der Waals surface area contributed by atoms with Crippen molar-refractivity contribution in [2.45, 2.75) is 37.9 Å². The highest BCUT2D eigenvalue weighted by molar-refractivity contribution is 5.85. The molecule has 0 bridgehead atoms. The van der Waals surface area contributed by atoms with Crippen molar-refractivity contribution in [2.24, 2.45) is 0 Å². The van der Waals surface area contributed by atoms with Crippen LogP contribution in [0.25, 0.3) is 0 Å². The summed E-state index contributed by atoms with van der Waals surface area (Å²) in [6.07, 6.45) is 2.87. The smallest absolute Gasteiger partial charge is 0.246 e. The molecule has 2 aromatic rings. The number of halogens is 1. The highest BCUT2D eigenvalue weighted by atomic mass is 35.5. The third kappa shape index (κ3) is 2.91. The van der Waals surface area contributed by atoms with Crippen LogP contribution in [-0.4, -0.2) is 39.2 Å². The Kier molecular flexibility index (Phi) is 4.87. The number of amides is 1. The zero-order chi connectivity index (χ0) is 15.8. The molecule has 0 spiro atoms. The van der Waals surface area contributed by atoms with E-state index >= 15 is 0 Å². The lowest BCUT2D eigenvalue weighted by Gasteiger charge is -2.32. The third-order valence-electron chi connectivity index (χ3n) is 4.79. The summed E-state index contributed by atoms with van der Waals surface area (Å²) >= 11 is 0. The van der Waals surface area contributed by atoms with E-state index in [-0.39, 0.29) is 30.4 Å². The fourth-order valence-electron chi connectivity index (χ4n) is 3.60. The van der Waals surface area contributed by atoms with E-state index in [1.165, 1.54) is 0 Å². The Balaban J connectivity index is 0.00000169. The van der Waals surface area contributed by atoms with Gasteiger partial charge in [0.1, 0.15) is 6.04 Å². The van der Waals surface area contributed by atoms with Gasteiger partial charge in [0.15, 0.2) is 11.6 Å². The van der Waals surface area contributed by atoms with Crippen molar-refractivity contribution in [1.29, 1.82) is 0 Å². The van der Waals surface area contributed by atoms with Crippen LogP contribution in [0.3, 0.4) is 0 Å². The molecule has 1 saturated heterocycles. The molecule has 7 heteroatoms. The summed E-state index contributed by atoms with van der Waals surface area (Å²) in [5.74, 6) is 1.94. The maximum absolute atomic E-state index is 12.8. The quantitative estimate of drug-likeness (QED) is 0.920. The van der Waals surface area contributed by atoms with Gasteiger partial charge in [0, 0.05) is 13.5 Å². The summed E-state index contributed by atoms with van der Waals surface area (Å²) in [5.41, 5.74) is 1.16. The van der Waals surface area contributed by atoms with E-state index < -0.39 is 0 Å². The number of hydrogen-bond donors (Lipinski definition) is 1. The molecular formula is C17H22ClN5O. The summed E-state index contributed by atoms with van der Waals surface area (Å²) in [6.45, 7) is 1.54. The van der Waals surface area contributed by atoms with E-state index in [0.29, 0.717) is 13.0 Å². The molecule has 1 aromatic carbocycles. The standard InChI is InChI=1S/C17H21N5O.ClH/c1-21-11-15-19-20-16(13-8-5-9-18-13)22(15)14(17(21)23)10-12-6-3-2-4-7-12;/h2-4,6-7,13-14,18H,5,8-11H2,1H3;1H/t13?,14-;/m1./s1. The van der Waals surface area contributed by atoms with E-state index in [1.807, 2.05) is 25.2 Å². The van der Waals surface area contributed by atoms with E-state index in [0.717, 1.165) is 36.6 Å². The van der Waals surface area contributed by atoms with Gasteiger partial charge in [-0.2, -0.15) is 0 Å². The molecule has 1 N–H and O–H groups in total. The van der Waals surface area contributed by atoms with E-state index in [4.69, 9.17) is 0 Å². The van der Waals surface area contributed by atoms with Gasteiger partial charge < -0.3 is 10.2 Å². The molecule has 4 rings (SSSR count). The van der Waals surface area contributed by atoms with Crippen molar-refractivity contribution >= 4 is 18.3 Å². The maximum Gasteiger partial charge on any atom is 0.246 e. The number of carbonyl (C=O) groups excluding carboxylic acids is 1. The number of hydrogen-bond acceptors (Lipinski definition) is 4. The van der Waals surface area contributed by atoms with Crippen LogP contribution in [0.15, 0.2) is 30.3 Å². The highest BCUT2D eigenvalue weighted by Crippen LogP contribution is 2.30. The molecule has 0 saturated carbocycles. The van der Waals surface area contributed by atoms with Crippen LogP contribution in [0.5, 0.6) is 0 Å². The van der Waals surface area contributed by atoms with Crippen molar-refractivity contribution in [3.05, 3.63) is 47.5 Å². The minimum Gasteiger partial charge on any atom is -0.336 e. The number of likely N-dealkylation sites (N-methyl/N-ethyl adjacent to an activating group) is 1. The van der Waals surface area contributed by atoms with Gasteiger partial charge in [-0.05, 0) is 24.9 Å². The zero-order valence-corrected chi connectivity index (χ0v) is 14.5. The van der Waals surface area contributed by atoms with Crippen molar-refractivity contribution < 1.29 is 4.79 Å². The molecule has 2 atom stereocenters. The predicted octanol–water partition coefficient (Wildman–Crippen LogP) is 1.88. The summed E-state index contributed by atoms with van der Waals surface area (Å²) in [7, 11) is 1.84. The summed E-state index contributed by atoms with van der Waals surface area (Å²) in [5, 5.41) is 12.2. The Morgan fingerprint density at radius 1 is 1.25 bits per heavy atom. The molecule has 0 aliphatic carbocycles. The van der Waals surface area contributed by atoms with Crippen LogP contribution in [0.4, 0.5) is 0 Å². The Bertz CT molecular complexity index is 711. The fourth-order valence-corrected chi connectivity index (χ4v) is 3.60. The second kappa shape index (κ2) is 6.91. The largest absolute Gasteiger partial charge is 0.336 e. The van der Waals surface area contributed by atoms with Crippen molar-refractivity contribution in [3.8, 4) is 0 Å². The zero-order valence-electron chi connectivity index (χ0n) is 13.7. The van der Waals surface area contributed by atoms with Crippen LogP contribution in [0.1, 0.15) is 42.1 Å².